The molecule has 1 N–H and O–H groups in total. The molecule has 0 radical (unpaired) electrons. The van der Waals surface area contributed by atoms with Gasteiger partial charge >= 0.3 is 0 Å². The van der Waals surface area contributed by atoms with Gasteiger partial charge in [-0.15, -0.1) is 0 Å². The van der Waals surface area contributed by atoms with Crippen molar-refractivity contribution >= 4 is 0 Å². The highest BCUT2D eigenvalue weighted by Gasteiger charge is 2.57. The lowest BCUT2D eigenvalue weighted by atomic mass is 9.85. The van der Waals surface area contributed by atoms with Crippen LogP contribution in [0, 0.1) is 11.3 Å². The van der Waals surface area contributed by atoms with Crippen LogP contribution in [0.25, 0.3) is 0 Å². The second kappa shape index (κ2) is 1.51. The quantitative estimate of drug-likeness (QED) is 0.534. The maximum Gasteiger partial charge on any atom is 0.0725 e. The molecule has 0 aliphatic heterocycles. The first-order valence-corrected chi connectivity index (χ1v) is 3.09. The molecular weight excluding hydrogens is 112 g/mol. The highest BCUT2D eigenvalue weighted by molar-refractivity contribution is 5.08. The van der Waals surface area contributed by atoms with E-state index >= 15 is 0 Å². The van der Waals surface area contributed by atoms with Gasteiger partial charge in [0.15, 0.2) is 0 Å². The normalized spacial score (nSPS) is 58.2. The van der Waals surface area contributed by atoms with E-state index in [0.717, 1.165) is 0 Å². The highest BCUT2D eigenvalue weighted by Crippen LogP contribution is 2.54. The summed E-state index contributed by atoms with van der Waals surface area (Å²) in [7, 11) is 0. The minimum absolute atomic E-state index is 0.768. The Hall–Kier alpha value is -0.0400. The van der Waals surface area contributed by atoms with Gasteiger partial charge in [-0.25, -0.2) is 0 Å². The molecule has 1 fully saturated rings. The molecule has 54 valence electrons. The van der Waals surface area contributed by atoms with Gasteiger partial charge in [-0.3, -0.25) is 0 Å². The summed E-state index contributed by atoms with van der Waals surface area (Å²) in [6.45, 7) is 2.51. The second-order valence-corrected chi connectivity index (χ2v) is 3.59. The van der Waals surface area contributed by atoms with E-state index in [0.29, 0.717) is 0 Å². The molecule has 0 aromatic carbocycles. The van der Waals surface area contributed by atoms with Crippen molar-refractivity contribution in [1.29, 1.82) is 0 Å². The van der Waals surface area contributed by atoms with Gasteiger partial charge in [-0.2, -0.15) is 0 Å². The summed E-state index contributed by atoms with van der Waals surface area (Å²) in [5.74, 6) is -1.28. The molecule has 1 aliphatic rings. The van der Waals surface area contributed by atoms with Crippen molar-refractivity contribution in [1.82, 2.24) is 0 Å². The molecule has 1 heteroatoms. The third-order valence-corrected chi connectivity index (χ3v) is 1.84. The van der Waals surface area contributed by atoms with Crippen LogP contribution >= 0.6 is 0 Å². The molecule has 0 unspecified atom stereocenters. The maximum atomic E-state index is 10.1. The van der Waals surface area contributed by atoms with Crippen molar-refractivity contribution in [2.45, 2.75) is 39.6 Å². The van der Waals surface area contributed by atoms with Crippen molar-refractivity contribution in [3.63, 3.8) is 0 Å². The molecule has 2 atom stereocenters. The third kappa shape index (κ3) is 0.877. The Labute approximate surface area is 64.1 Å². The predicted octanol–water partition coefficient (Wildman–Crippen LogP) is 1.80. The summed E-state index contributed by atoms with van der Waals surface area (Å²) in [5.41, 5.74) is -2.51. The van der Waals surface area contributed by atoms with Gasteiger partial charge in [0.05, 0.1) is 5.60 Å². The summed E-state index contributed by atoms with van der Waals surface area (Å²) in [6, 6.07) is 0. The average Bonchev–Trinajstić information content (AvgIpc) is 2.24. The van der Waals surface area contributed by atoms with Crippen molar-refractivity contribution in [2.75, 3.05) is 0 Å². The van der Waals surface area contributed by atoms with E-state index < -0.39 is 30.2 Å². The first kappa shape index (κ1) is 2.91. The Kier molecular flexibility index (Phi) is 0.490. The highest BCUT2D eigenvalue weighted by atomic mass is 16.3. The van der Waals surface area contributed by atoms with Crippen molar-refractivity contribution in [3.05, 3.63) is 0 Å². The Bertz CT molecular complexity index is 251. The molecule has 1 saturated carbocycles. The monoisotopic (exact) mass is 133 g/mol. The van der Waals surface area contributed by atoms with Crippen LogP contribution < -0.4 is 0 Å². The largest absolute Gasteiger partial charge is 0.389 e. The average molecular weight is 133 g/mol. The van der Waals surface area contributed by atoms with E-state index in [2.05, 4.69) is 0 Å². The van der Waals surface area contributed by atoms with Crippen LogP contribution in [0.4, 0.5) is 0 Å². The zero-order valence-electron chi connectivity index (χ0n) is 11.0. The van der Waals surface area contributed by atoms with Gasteiger partial charge in [0.1, 0.15) is 0 Å². The van der Waals surface area contributed by atoms with Crippen molar-refractivity contribution in [3.8, 4) is 0 Å². The SMILES string of the molecule is [2H]C([2H])([2H])[C@@H]1C([2H])([2H])[C@]1(O)C(C)(C)C. The number of rotatable bonds is 0. The van der Waals surface area contributed by atoms with E-state index in [1.165, 1.54) is 0 Å². The van der Waals surface area contributed by atoms with Crippen LogP contribution in [0.5, 0.6) is 0 Å². The number of aliphatic hydroxyl groups is 1. The first-order valence-electron chi connectivity index (χ1n) is 5.59. The molecule has 1 aliphatic carbocycles. The van der Waals surface area contributed by atoms with Crippen LogP contribution in [0.3, 0.4) is 0 Å². The Balaban J connectivity index is 3.08. The van der Waals surface area contributed by atoms with Gasteiger partial charge in [-0.05, 0) is 17.7 Å². The van der Waals surface area contributed by atoms with Gasteiger partial charge in [-0.1, -0.05) is 27.6 Å². The molecule has 0 spiro atoms. The zero-order chi connectivity index (χ0) is 11.6. The second-order valence-electron chi connectivity index (χ2n) is 3.59. The molecule has 1 nitrogen and oxygen atoms in total. The summed E-state index contributed by atoms with van der Waals surface area (Å²) >= 11 is 0. The molecule has 0 amide bonds. The summed E-state index contributed by atoms with van der Waals surface area (Å²) < 4.78 is 36.6. The van der Waals surface area contributed by atoms with Gasteiger partial charge in [0, 0.05) is 6.85 Å². The van der Waals surface area contributed by atoms with E-state index in [1.807, 2.05) is 0 Å². The summed E-state index contributed by atoms with van der Waals surface area (Å²) in [4.78, 5) is 0. The molecule has 9 heavy (non-hydrogen) atoms. The van der Waals surface area contributed by atoms with Crippen molar-refractivity contribution in [2.24, 2.45) is 11.3 Å². The van der Waals surface area contributed by atoms with E-state index in [1.54, 1.807) is 20.8 Å². The smallest absolute Gasteiger partial charge is 0.0725 e. The molecule has 1 rings (SSSR count). The van der Waals surface area contributed by atoms with E-state index in [4.69, 9.17) is 6.85 Å². The minimum atomic E-state index is -2.44. The van der Waals surface area contributed by atoms with Crippen LogP contribution in [-0.4, -0.2) is 10.7 Å². The standard InChI is InChI=1S/C8H16O/c1-6-5-8(6,9)7(2,3)4/h6,9H,5H2,1-4H3/t6-,8-/m1/s1/i1D3,5D2. The summed E-state index contributed by atoms with van der Waals surface area (Å²) in [6.07, 6.45) is -2.02. The van der Waals surface area contributed by atoms with Gasteiger partial charge < -0.3 is 5.11 Å². The van der Waals surface area contributed by atoms with Crippen LogP contribution in [0.2, 0.25) is 0 Å². The lowest BCUT2D eigenvalue weighted by Crippen LogP contribution is -2.29. The number of hydrogen-bond donors (Lipinski definition) is 1. The fourth-order valence-electron chi connectivity index (χ4n) is 0.828. The molecule has 0 bridgehead atoms. The Morgan fingerprint density at radius 3 is 2.44 bits per heavy atom. The van der Waals surface area contributed by atoms with Crippen LogP contribution in [0.1, 0.15) is 40.8 Å². The van der Waals surface area contributed by atoms with E-state index in [-0.39, 0.29) is 0 Å². The Morgan fingerprint density at radius 2 is 2.33 bits per heavy atom. The zero-order valence-corrected chi connectivity index (χ0v) is 6.02. The molecule has 0 saturated heterocycles. The molecule has 0 heterocycles. The fourth-order valence-corrected chi connectivity index (χ4v) is 0.828. The lowest BCUT2D eigenvalue weighted by Gasteiger charge is -2.26. The van der Waals surface area contributed by atoms with Gasteiger partial charge in [0.2, 0.25) is 0 Å². The predicted molar refractivity (Wildman–Crippen MR) is 38.2 cm³/mol. The van der Waals surface area contributed by atoms with Crippen molar-refractivity contribution < 1.29 is 12.0 Å². The number of hydrogen-bond acceptors (Lipinski definition) is 1. The summed E-state index contributed by atoms with van der Waals surface area (Å²) in [5, 5.41) is 10.1. The molecule has 0 aromatic heterocycles. The van der Waals surface area contributed by atoms with Gasteiger partial charge in [0.25, 0.3) is 0 Å². The molecule has 0 aromatic rings. The Morgan fingerprint density at radius 1 is 1.78 bits per heavy atom. The fraction of sp³-hybridized carbons (Fsp3) is 1.00. The lowest BCUT2D eigenvalue weighted by molar-refractivity contribution is 0.0241. The van der Waals surface area contributed by atoms with E-state index in [9.17, 15) is 5.11 Å². The van der Waals surface area contributed by atoms with Crippen LogP contribution in [0.15, 0.2) is 0 Å². The topological polar surface area (TPSA) is 20.2 Å². The third-order valence-electron chi connectivity index (χ3n) is 1.84. The maximum absolute atomic E-state index is 10.1. The molecular formula is C8H16O. The first-order chi connectivity index (χ1) is 5.87. The van der Waals surface area contributed by atoms with Crippen LogP contribution in [-0.2, 0) is 0 Å². The minimum Gasteiger partial charge on any atom is -0.389 e.